The van der Waals surface area contributed by atoms with Crippen LogP contribution in [-0.4, -0.2) is 54.3 Å². The van der Waals surface area contributed by atoms with Gasteiger partial charge in [-0.15, -0.1) is 0 Å². The topological polar surface area (TPSA) is 53.0 Å². The maximum atomic E-state index is 12.0. The predicted molar refractivity (Wildman–Crippen MR) is 89.5 cm³/mol. The largest absolute Gasteiger partial charge is 0.388 e. The van der Waals surface area contributed by atoms with Crippen molar-refractivity contribution in [2.45, 2.75) is 37.5 Å². The normalized spacial score (nSPS) is 22.8. The van der Waals surface area contributed by atoms with Crippen LogP contribution in [0.1, 0.15) is 30.9 Å². The number of aliphatic hydroxyl groups excluding tert-OH is 1. The van der Waals surface area contributed by atoms with Gasteiger partial charge in [0.15, 0.2) is 0 Å². The van der Waals surface area contributed by atoms with Crippen LogP contribution in [0.4, 0.5) is 0 Å². The average molecular weight is 318 g/mol. The number of hydrogen-bond acceptors (Lipinski definition) is 4. The lowest BCUT2D eigenvalue weighted by Crippen LogP contribution is -2.44. The Morgan fingerprint density at radius 1 is 1.43 bits per heavy atom. The van der Waals surface area contributed by atoms with Crippen molar-refractivity contribution in [2.24, 2.45) is 0 Å². The van der Waals surface area contributed by atoms with Gasteiger partial charge in [0.25, 0.3) is 0 Å². The van der Waals surface area contributed by atoms with Crippen LogP contribution in [0.2, 0.25) is 0 Å². The van der Waals surface area contributed by atoms with Gasteiger partial charge in [-0.2, -0.15) is 0 Å². The monoisotopic (exact) mass is 318 g/mol. The van der Waals surface area contributed by atoms with Gasteiger partial charge >= 0.3 is 0 Å². The Kier molecular flexibility index (Phi) is 6.33. The molecule has 0 spiro atoms. The van der Waals surface area contributed by atoms with Crippen molar-refractivity contribution in [3.05, 3.63) is 48.0 Å². The number of carbonyl (C=O) groups is 1. The molecular weight excluding hydrogens is 292 g/mol. The Labute approximate surface area is 138 Å². The van der Waals surface area contributed by atoms with E-state index in [-0.39, 0.29) is 18.0 Å². The maximum absolute atomic E-state index is 12.0. The number of rotatable bonds is 6. The van der Waals surface area contributed by atoms with Crippen molar-refractivity contribution in [2.75, 3.05) is 21.2 Å². The van der Waals surface area contributed by atoms with Crippen LogP contribution in [0, 0.1) is 0 Å². The van der Waals surface area contributed by atoms with Crippen LogP contribution in [-0.2, 0) is 9.63 Å². The summed E-state index contributed by atoms with van der Waals surface area (Å²) in [6, 6.07) is 9.94. The van der Waals surface area contributed by atoms with Crippen LogP contribution < -0.4 is 0 Å². The quantitative estimate of drug-likeness (QED) is 0.645. The van der Waals surface area contributed by atoms with E-state index in [1.54, 1.807) is 7.05 Å². The van der Waals surface area contributed by atoms with Gasteiger partial charge in [-0.1, -0.05) is 42.5 Å². The molecule has 2 rings (SSSR count). The van der Waals surface area contributed by atoms with Crippen molar-refractivity contribution >= 4 is 5.91 Å². The molecule has 0 fully saturated rings. The van der Waals surface area contributed by atoms with Crippen molar-refractivity contribution in [3.8, 4) is 0 Å². The van der Waals surface area contributed by atoms with Gasteiger partial charge in [0.05, 0.1) is 13.2 Å². The Morgan fingerprint density at radius 3 is 2.78 bits per heavy atom. The summed E-state index contributed by atoms with van der Waals surface area (Å²) in [7, 11) is 5.11. The standard InChI is InChI=1S/C18H26N2O3/c1-19-15(12-17(21)14-8-5-4-6-9-14)10-7-11-16(19)13-18(22)20(2)23-3/h4-9,11,15-17,21H,10,12-13H2,1-3H3. The van der Waals surface area contributed by atoms with Gasteiger partial charge in [0.1, 0.15) is 0 Å². The second-order valence-corrected chi connectivity index (χ2v) is 5.99. The zero-order chi connectivity index (χ0) is 16.8. The molecule has 0 bridgehead atoms. The van der Waals surface area contributed by atoms with E-state index in [0.717, 1.165) is 12.0 Å². The molecule has 3 unspecified atom stereocenters. The third-order valence-electron chi connectivity index (χ3n) is 4.55. The second-order valence-electron chi connectivity index (χ2n) is 5.99. The maximum Gasteiger partial charge on any atom is 0.247 e. The minimum Gasteiger partial charge on any atom is -0.388 e. The van der Waals surface area contributed by atoms with Gasteiger partial charge in [0.2, 0.25) is 5.91 Å². The smallest absolute Gasteiger partial charge is 0.247 e. The summed E-state index contributed by atoms with van der Waals surface area (Å²) in [5.74, 6) is -0.0572. The second kappa shape index (κ2) is 8.24. The van der Waals surface area contributed by atoms with Crippen molar-refractivity contribution in [1.29, 1.82) is 0 Å². The highest BCUT2D eigenvalue weighted by atomic mass is 16.7. The fourth-order valence-electron chi connectivity index (χ4n) is 2.92. The van der Waals surface area contributed by atoms with Crippen LogP contribution in [0.15, 0.2) is 42.5 Å². The Hall–Kier alpha value is -1.69. The number of hydrogen-bond donors (Lipinski definition) is 1. The lowest BCUT2D eigenvalue weighted by Gasteiger charge is -2.37. The fourth-order valence-corrected chi connectivity index (χ4v) is 2.92. The molecule has 1 aromatic carbocycles. The number of amides is 1. The van der Waals surface area contributed by atoms with Crippen molar-refractivity contribution < 1.29 is 14.7 Å². The molecule has 0 saturated heterocycles. The lowest BCUT2D eigenvalue weighted by molar-refractivity contribution is -0.169. The Bertz CT molecular complexity index is 532. The molecule has 1 aliphatic rings. The zero-order valence-corrected chi connectivity index (χ0v) is 14.1. The summed E-state index contributed by atoms with van der Waals surface area (Å²) >= 11 is 0. The Morgan fingerprint density at radius 2 is 2.13 bits per heavy atom. The van der Waals surface area contributed by atoms with E-state index >= 15 is 0 Å². The number of carbonyl (C=O) groups excluding carboxylic acids is 1. The molecule has 1 heterocycles. The molecule has 5 nitrogen and oxygen atoms in total. The molecule has 1 aliphatic heterocycles. The molecule has 0 aromatic heterocycles. The third kappa shape index (κ3) is 4.64. The molecule has 1 amide bonds. The SMILES string of the molecule is CON(C)C(=O)CC1C=CCC(CC(O)c2ccccc2)N1C. The predicted octanol–water partition coefficient (Wildman–Crippen LogP) is 2.15. The van der Waals surface area contributed by atoms with E-state index in [0.29, 0.717) is 12.8 Å². The molecule has 0 saturated carbocycles. The zero-order valence-electron chi connectivity index (χ0n) is 14.1. The van der Waals surface area contributed by atoms with Crippen molar-refractivity contribution in [3.63, 3.8) is 0 Å². The summed E-state index contributed by atoms with van der Waals surface area (Å²) in [5, 5.41) is 11.7. The molecular formula is C18H26N2O3. The molecule has 0 radical (unpaired) electrons. The van der Waals surface area contributed by atoms with E-state index in [9.17, 15) is 9.90 Å². The van der Waals surface area contributed by atoms with Gasteiger partial charge in [0, 0.05) is 25.6 Å². The van der Waals surface area contributed by atoms with E-state index in [4.69, 9.17) is 4.84 Å². The third-order valence-corrected chi connectivity index (χ3v) is 4.55. The minimum atomic E-state index is -0.492. The van der Waals surface area contributed by atoms with Crippen LogP contribution in [0.25, 0.3) is 0 Å². The highest BCUT2D eigenvalue weighted by Crippen LogP contribution is 2.26. The molecule has 3 atom stereocenters. The summed E-state index contributed by atoms with van der Waals surface area (Å²) in [6.07, 6.45) is 5.57. The number of aliphatic hydroxyl groups is 1. The molecule has 126 valence electrons. The molecule has 1 aromatic rings. The first-order valence-electron chi connectivity index (χ1n) is 7.95. The van der Waals surface area contributed by atoms with Gasteiger partial charge in [-0.25, -0.2) is 5.06 Å². The first-order valence-corrected chi connectivity index (χ1v) is 7.95. The first-order chi connectivity index (χ1) is 11.0. The summed E-state index contributed by atoms with van der Waals surface area (Å²) in [5.41, 5.74) is 0.933. The van der Waals surface area contributed by atoms with E-state index in [1.807, 2.05) is 37.4 Å². The summed E-state index contributed by atoms with van der Waals surface area (Å²) < 4.78 is 0. The van der Waals surface area contributed by atoms with E-state index < -0.39 is 6.10 Å². The molecule has 0 aliphatic carbocycles. The van der Waals surface area contributed by atoms with Gasteiger partial charge in [-0.3, -0.25) is 14.5 Å². The average Bonchev–Trinajstić information content (AvgIpc) is 2.58. The Balaban J connectivity index is 1.96. The number of benzene rings is 1. The van der Waals surface area contributed by atoms with Crippen LogP contribution in [0.3, 0.4) is 0 Å². The highest BCUT2D eigenvalue weighted by Gasteiger charge is 2.28. The minimum absolute atomic E-state index is 0.0295. The van der Waals surface area contributed by atoms with E-state index in [1.165, 1.54) is 12.2 Å². The van der Waals surface area contributed by atoms with Gasteiger partial charge < -0.3 is 5.11 Å². The first kappa shape index (κ1) is 17.7. The number of likely N-dealkylation sites (N-methyl/N-ethyl adjacent to an activating group) is 1. The highest BCUT2D eigenvalue weighted by molar-refractivity contribution is 5.75. The number of hydroxylamine groups is 2. The van der Waals surface area contributed by atoms with E-state index in [2.05, 4.69) is 17.1 Å². The summed E-state index contributed by atoms with van der Waals surface area (Å²) in [4.78, 5) is 19.1. The molecule has 1 N–H and O–H groups in total. The van der Waals surface area contributed by atoms with Crippen LogP contribution >= 0.6 is 0 Å². The lowest BCUT2D eigenvalue weighted by atomic mass is 9.94. The number of nitrogens with zero attached hydrogens (tertiary/aromatic N) is 2. The fraction of sp³-hybridized carbons (Fsp3) is 0.500. The molecule has 5 heteroatoms. The van der Waals surface area contributed by atoms with Gasteiger partial charge in [-0.05, 0) is 25.5 Å². The van der Waals surface area contributed by atoms with Crippen molar-refractivity contribution in [1.82, 2.24) is 9.96 Å². The summed E-state index contributed by atoms with van der Waals surface area (Å²) in [6.45, 7) is 0. The van der Waals surface area contributed by atoms with Crippen LogP contribution in [0.5, 0.6) is 0 Å². The molecule has 23 heavy (non-hydrogen) atoms.